The fourth-order valence-corrected chi connectivity index (χ4v) is 1.76. The van der Waals surface area contributed by atoms with Crippen LogP contribution in [-0.4, -0.2) is 49.1 Å². The van der Waals surface area contributed by atoms with Crippen molar-refractivity contribution in [3.63, 3.8) is 0 Å². The number of likely N-dealkylation sites (N-methyl/N-ethyl adjacent to an activating group) is 1. The first-order chi connectivity index (χ1) is 5.91. The molecule has 0 aromatic carbocycles. The molecule has 1 heterocycles. The Morgan fingerprint density at radius 2 is 1.46 bits per heavy atom. The molecule has 0 aliphatic carbocycles. The van der Waals surface area contributed by atoms with E-state index in [0.29, 0.717) is 11.5 Å². The molecule has 1 fully saturated rings. The highest BCUT2D eigenvalue weighted by molar-refractivity contribution is 4.82. The summed E-state index contributed by atoms with van der Waals surface area (Å²) in [4.78, 5) is 5.02. The number of hydrogen-bond acceptors (Lipinski definition) is 2. The van der Waals surface area contributed by atoms with Gasteiger partial charge < -0.3 is 4.90 Å². The summed E-state index contributed by atoms with van der Waals surface area (Å²) in [5.41, 5.74) is 0.413. The van der Waals surface area contributed by atoms with Crippen molar-refractivity contribution < 1.29 is 0 Å². The maximum absolute atomic E-state index is 2.61. The van der Waals surface area contributed by atoms with Gasteiger partial charge in [0.25, 0.3) is 0 Å². The first-order valence-electron chi connectivity index (χ1n) is 5.34. The lowest BCUT2D eigenvalue weighted by Gasteiger charge is -2.42. The van der Waals surface area contributed by atoms with Gasteiger partial charge in [0.2, 0.25) is 0 Å². The topological polar surface area (TPSA) is 6.48 Å². The van der Waals surface area contributed by atoms with Gasteiger partial charge >= 0.3 is 0 Å². The Morgan fingerprint density at radius 3 is 1.85 bits per heavy atom. The molecule has 0 N–H and O–H groups in total. The van der Waals surface area contributed by atoms with Crippen molar-refractivity contribution in [1.29, 1.82) is 0 Å². The van der Waals surface area contributed by atoms with Crippen LogP contribution in [0.5, 0.6) is 0 Å². The minimum atomic E-state index is 0.413. The van der Waals surface area contributed by atoms with Crippen LogP contribution in [-0.2, 0) is 0 Å². The second-order valence-electron chi connectivity index (χ2n) is 5.38. The van der Waals surface area contributed by atoms with Crippen LogP contribution in [0.1, 0.15) is 27.7 Å². The van der Waals surface area contributed by atoms with Gasteiger partial charge in [-0.1, -0.05) is 20.8 Å². The molecule has 2 nitrogen and oxygen atoms in total. The molecule has 1 atom stereocenters. The van der Waals surface area contributed by atoms with Crippen LogP contribution in [0.2, 0.25) is 0 Å². The summed E-state index contributed by atoms with van der Waals surface area (Å²) in [5, 5.41) is 0. The van der Waals surface area contributed by atoms with Crippen LogP contribution in [0, 0.1) is 5.41 Å². The van der Waals surface area contributed by atoms with Crippen LogP contribution in [0.4, 0.5) is 0 Å². The number of rotatable bonds is 1. The van der Waals surface area contributed by atoms with E-state index in [2.05, 4.69) is 44.5 Å². The van der Waals surface area contributed by atoms with Gasteiger partial charge in [-0.3, -0.25) is 4.90 Å². The molecule has 0 saturated carbocycles. The molecule has 2 heteroatoms. The average molecular weight is 184 g/mol. The molecule has 13 heavy (non-hydrogen) atoms. The Morgan fingerprint density at radius 1 is 1.00 bits per heavy atom. The molecule has 1 rings (SSSR count). The van der Waals surface area contributed by atoms with Gasteiger partial charge in [0.05, 0.1) is 0 Å². The molecular formula is C11H24N2. The minimum absolute atomic E-state index is 0.413. The molecule has 0 aromatic rings. The molecular weight excluding hydrogens is 160 g/mol. The normalized spacial score (nSPS) is 24.7. The standard InChI is InChI=1S/C11H24N2/c1-10(11(2,3)4)13-8-6-12(5)7-9-13/h10H,6-9H2,1-5H3/t10-/m0/s1. The van der Waals surface area contributed by atoms with Crippen molar-refractivity contribution in [3.05, 3.63) is 0 Å². The summed E-state index contributed by atoms with van der Waals surface area (Å²) in [7, 11) is 2.21. The summed E-state index contributed by atoms with van der Waals surface area (Å²) in [6, 6.07) is 0.696. The van der Waals surface area contributed by atoms with Gasteiger partial charge in [-0.2, -0.15) is 0 Å². The maximum atomic E-state index is 2.61. The highest BCUT2D eigenvalue weighted by Gasteiger charge is 2.27. The Kier molecular flexibility index (Phi) is 3.36. The summed E-state index contributed by atoms with van der Waals surface area (Å²) in [6.45, 7) is 14.2. The maximum Gasteiger partial charge on any atom is 0.0116 e. The Bertz CT molecular complexity index is 152. The minimum Gasteiger partial charge on any atom is -0.304 e. The molecule has 0 unspecified atom stereocenters. The van der Waals surface area contributed by atoms with E-state index in [-0.39, 0.29) is 0 Å². The molecule has 1 saturated heterocycles. The number of hydrogen-bond donors (Lipinski definition) is 0. The van der Waals surface area contributed by atoms with Crippen molar-refractivity contribution in [1.82, 2.24) is 9.80 Å². The average Bonchev–Trinajstić information content (AvgIpc) is 2.03. The smallest absolute Gasteiger partial charge is 0.0116 e. The SMILES string of the molecule is C[C@H](N1CCN(C)CC1)C(C)(C)C. The molecule has 78 valence electrons. The third-order valence-electron chi connectivity index (χ3n) is 3.34. The van der Waals surface area contributed by atoms with Gasteiger partial charge in [-0.25, -0.2) is 0 Å². The molecule has 0 aromatic heterocycles. The molecule has 0 amide bonds. The van der Waals surface area contributed by atoms with E-state index in [4.69, 9.17) is 0 Å². The zero-order chi connectivity index (χ0) is 10.1. The number of piperazine rings is 1. The third kappa shape index (κ3) is 2.96. The molecule has 1 aliphatic rings. The zero-order valence-corrected chi connectivity index (χ0v) is 9.80. The second-order valence-corrected chi connectivity index (χ2v) is 5.38. The van der Waals surface area contributed by atoms with E-state index >= 15 is 0 Å². The van der Waals surface area contributed by atoms with Crippen LogP contribution >= 0.6 is 0 Å². The van der Waals surface area contributed by atoms with Crippen molar-refractivity contribution in [3.8, 4) is 0 Å². The lowest BCUT2D eigenvalue weighted by molar-refractivity contribution is 0.0641. The van der Waals surface area contributed by atoms with Gasteiger partial charge in [-0.05, 0) is 19.4 Å². The largest absolute Gasteiger partial charge is 0.304 e. The predicted octanol–water partition coefficient (Wildman–Crippen LogP) is 1.67. The summed E-state index contributed by atoms with van der Waals surface area (Å²) in [5.74, 6) is 0. The van der Waals surface area contributed by atoms with Crippen LogP contribution in [0.25, 0.3) is 0 Å². The second kappa shape index (κ2) is 3.97. The van der Waals surface area contributed by atoms with Crippen LogP contribution in [0.15, 0.2) is 0 Å². The van der Waals surface area contributed by atoms with E-state index in [0.717, 1.165) is 0 Å². The third-order valence-corrected chi connectivity index (χ3v) is 3.34. The summed E-state index contributed by atoms with van der Waals surface area (Å²) < 4.78 is 0. The molecule has 0 spiro atoms. The van der Waals surface area contributed by atoms with Crippen molar-refractivity contribution in [2.45, 2.75) is 33.7 Å². The van der Waals surface area contributed by atoms with E-state index in [1.54, 1.807) is 0 Å². The van der Waals surface area contributed by atoms with Crippen molar-refractivity contribution in [2.24, 2.45) is 5.41 Å². The Balaban J connectivity index is 2.45. The van der Waals surface area contributed by atoms with Crippen LogP contribution < -0.4 is 0 Å². The van der Waals surface area contributed by atoms with Gasteiger partial charge in [0.15, 0.2) is 0 Å². The fourth-order valence-electron chi connectivity index (χ4n) is 1.76. The quantitative estimate of drug-likeness (QED) is 0.611. The van der Waals surface area contributed by atoms with Gasteiger partial charge in [0, 0.05) is 32.2 Å². The zero-order valence-electron chi connectivity index (χ0n) is 9.80. The lowest BCUT2D eigenvalue weighted by atomic mass is 9.86. The van der Waals surface area contributed by atoms with Gasteiger partial charge in [0.1, 0.15) is 0 Å². The number of nitrogens with zero attached hydrogens (tertiary/aromatic N) is 2. The van der Waals surface area contributed by atoms with Crippen molar-refractivity contribution in [2.75, 3.05) is 33.2 Å². The van der Waals surface area contributed by atoms with Crippen molar-refractivity contribution >= 4 is 0 Å². The molecule has 1 aliphatic heterocycles. The predicted molar refractivity (Wildman–Crippen MR) is 58.0 cm³/mol. The highest BCUT2D eigenvalue weighted by Crippen LogP contribution is 2.24. The molecule has 0 radical (unpaired) electrons. The lowest BCUT2D eigenvalue weighted by Crippen LogP contribution is -2.51. The fraction of sp³-hybridized carbons (Fsp3) is 1.00. The summed E-state index contributed by atoms with van der Waals surface area (Å²) in [6.07, 6.45) is 0. The highest BCUT2D eigenvalue weighted by atomic mass is 15.3. The first kappa shape index (κ1) is 11.0. The van der Waals surface area contributed by atoms with E-state index < -0.39 is 0 Å². The van der Waals surface area contributed by atoms with E-state index in [1.165, 1.54) is 26.2 Å². The molecule has 0 bridgehead atoms. The Hall–Kier alpha value is -0.0800. The van der Waals surface area contributed by atoms with Gasteiger partial charge in [-0.15, -0.1) is 0 Å². The Labute approximate surface area is 82.9 Å². The van der Waals surface area contributed by atoms with E-state index in [9.17, 15) is 0 Å². The van der Waals surface area contributed by atoms with E-state index in [1.807, 2.05) is 0 Å². The monoisotopic (exact) mass is 184 g/mol. The van der Waals surface area contributed by atoms with Crippen LogP contribution in [0.3, 0.4) is 0 Å². The summed E-state index contributed by atoms with van der Waals surface area (Å²) >= 11 is 0. The first-order valence-corrected chi connectivity index (χ1v) is 5.34.